The van der Waals surface area contributed by atoms with E-state index in [2.05, 4.69) is 0 Å². The van der Waals surface area contributed by atoms with E-state index in [0.29, 0.717) is 17.8 Å². The summed E-state index contributed by atoms with van der Waals surface area (Å²) < 4.78 is 13.5. The van der Waals surface area contributed by atoms with Gasteiger partial charge in [-0.2, -0.15) is 0 Å². The number of carbonyl (C=O) groups excluding carboxylic acids is 1. The standard InChI is InChI=1S/C15H19FO/c1-10(2)13-8-11(6-7-14(13)16)9-15(17)12-4-3-5-12/h6-8,10,12H,3-5,9H2,1-2H3. The summed E-state index contributed by atoms with van der Waals surface area (Å²) in [4.78, 5) is 11.9. The van der Waals surface area contributed by atoms with Gasteiger partial charge in [-0.25, -0.2) is 4.39 Å². The Bertz CT molecular complexity index is 419. The first-order valence-corrected chi connectivity index (χ1v) is 6.39. The average molecular weight is 234 g/mol. The number of rotatable bonds is 4. The maximum Gasteiger partial charge on any atom is 0.140 e. The predicted molar refractivity (Wildman–Crippen MR) is 66.5 cm³/mol. The number of carbonyl (C=O) groups is 1. The van der Waals surface area contributed by atoms with Gasteiger partial charge in [-0.1, -0.05) is 32.4 Å². The van der Waals surface area contributed by atoms with Crippen LogP contribution in [0.25, 0.3) is 0 Å². The van der Waals surface area contributed by atoms with Crippen LogP contribution in [-0.4, -0.2) is 5.78 Å². The zero-order chi connectivity index (χ0) is 12.4. The van der Waals surface area contributed by atoms with Gasteiger partial charge in [0.2, 0.25) is 0 Å². The Morgan fingerprint density at radius 2 is 2.12 bits per heavy atom. The Balaban J connectivity index is 2.10. The summed E-state index contributed by atoms with van der Waals surface area (Å²) in [6.07, 6.45) is 3.72. The van der Waals surface area contributed by atoms with E-state index in [1.54, 1.807) is 6.07 Å². The third-order valence-electron chi connectivity index (χ3n) is 3.62. The van der Waals surface area contributed by atoms with Crippen molar-refractivity contribution in [3.8, 4) is 0 Å². The maximum absolute atomic E-state index is 13.5. The highest BCUT2D eigenvalue weighted by Crippen LogP contribution is 2.28. The fourth-order valence-corrected chi connectivity index (χ4v) is 2.22. The largest absolute Gasteiger partial charge is 0.299 e. The van der Waals surface area contributed by atoms with Crippen LogP contribution in [-0.2, 0) is 11.2 Å². The lowest BCUT2D eigenvalue weighted by Crippen LogP contribution is -2.23. The van der Waals surface area contributed by atoms with Crippen molar-refractivity contribution in [2.45, 2.75) is 45.4 Å². The van der Waals surface area contributed by atoms with Crippen LogP contribution in [0.3, 0.4) is 0 Å². The molecule has 0 atom stereocenters. The van der Waals surface area contributed by atoms with E-state index in [1.807, 2.05) is 19.9 Å². The monoisotopic (exact) mass is 234 g/mol. The molecule has 1 fully saturated rings. The van der Waals surface area contributed by atoms with Gasteiger partial charge in [0.1, 0.15) is 11.6 Å². The molecule has 2 heteroatoms. The number of benzene rings is 1. The van der Waals surface area contributed by atoms with Crippen molar-refractivity contribution in [3.63, 3.8) is 0 Å². The number of ketones is 1. The zero-order valence-electron chi connectivity index (χ0n) is 10.5. The van der Waals surface area contributed by atoms with Crippen molar-refractivity contribution in [2.75, 3.05) is 0 Å². The minimum absolute atomic E-state index is 0.161. The highest BCUT2D eigenvalue weighted by Gasteiger charge is 2.25. The molecule has 1 aliphatic carbocycles. The van der Waals surface area contributed by atoms with Crippen molar-refractivity contribution in [1.29, 1.82) is 0 Å². The lowest BCUT2D eigenvalue weighted by atomic mass is 9.80. The Labute approximate surface area is 102 Å². The second-order valence-corrected chi connectivity index (χ2v) is 5.28. The summed E-state index contributed by atoms with van der Waals surface area (Å²) in [5, 5.41) is 0. The Kier molecular flexibility index (Phi) is 3.60. The molecule has 1 nitrogen and oxygen atoms in total. The van der Waals surface area contributed by atoms with Gasteiger partial charge in [-0.05, 0) is 36.0 Å². The van der Waals surface area contributed by atoms with Crippen molar-refractivity contribution < 1.29 is 9.18 Å². The summed E-state index contributed by atoms with van der Waals surface area (Å²) in [6.45, 7) is 3.94. The van der Waals surface area contributed by atoms with Crippen LogP contribution in [0.15, 0.2) is 18.2 Å². The van der Waals surface area contributed by atoms with E-state index in [9.17, 15) is 9.18 Å². The van der Waals surface area contributed by atoms with Crippen LogP contribution in [0.4, 0.5) is 4.39 Å². The first kappa shape index (κ1) is 12.3. The summed E-state index contributed by atoms with van der Waals surface area (Å²) in [5.41, 5.74) is 1.66. The van der Waals surface area contributed by atoms with Crippen molar-refractivity contribution in [2.24, 2.45) is 5.92 Å². The molecule has 1 aromatic carbocycles. The van der Waals surface area contributed by atoms with Gasteiger partial charge >= 0.3 is 0 Å². The van der Waals surface area contributed by atoms with Crippen LogP contribution in [0.2, 0.25) is 0 Å². The Morgan fingerprint density at radius 1 is 1.41 bits per heavy atom. The van der Waals surface area contributed by atoms with Crippen molar-refractivity contribution in [3.05, 3.63) is 35.1 Å². The third kappa shape index (κ3) is 2.74. The number of hydrogen-bond acceptors (Lipinski definition) is 1. The van der Waals surface area contributed by atoms with Crippen molar-refractivity contribution >= 4 is 5.78 Å². The first-order valence-electron chi connectivity index (χ1n) is 6.39. The van der Waals surface area contributed by atoms with Crippen LogP contribution >= 0.6 is 0 Å². The molecule has 17 heavy (non-hydrogen) atoms. The summed E-state index contributed by atoms with van der Waals surface area (Å²) >= 11 is 0. The van der Waals surface area contributed by atoms with E-state index in [1.165, 1.54) is 12.5 Å². The fraction of sp³-hybridized carbons (Fsp3) is 0.533. The van der Waals surface area contributed by atoms with Gasteiger partial charge in [0.25, 0.3) is 0 Å². The molecule has 0 saturated heterocycles. The lowest BCUT2D eigenvalue weighted by molar-refractivity contribution is -0.124. The first-order chi connectivity index (χ1) is 8.08. The maximum atomic E-state index is 13.5. The zero-order valence-corrected chi connectivity index (χ0v) is 10.5. The summed E-state index contributed by atoms with van der Waals surface area (Å²) in [6, 6.07) is 5.06. The van der Waals surface area contributed by atoms with E-state index in [-0.39, 0.29) is 17.7 Å². The molecule has 0 unspecified atom stereocenters. The predicted octanol–water partition coefficient (Wildman–Crippen LogP) is 3.86. The molecule has 0 aromatic heterocycles. The lowest BCUT2D eigenvalue weighted by Gasteiger charge is -2.23. The number of halogens is 1. The second kappa shape index (κ2) is 4.99. The minimum Gasteiger partial charge on any atom is -0.299 e. The smallest absolute Gasteiger partial charge is 0.140 e. The molecule has 0 bridgehead atoms. The van der Waals surface area contributed by atoms with Crippen LogP contribution in [0.5, 0.6) is 0 Å². The molecule has 0 amide bonds. The molecule has 1 aromatic rings. The number of hydrogen-bond donors (Lipinski definition) is 0. The molecule has 0 heterocycles. The van der Waals surface area contributed by atoms with Gasteiger partial charge in [-0.15, -0.1) is 0 Å². The average Bonchev–Trinajstić information content (AvgIpc) is 2.17. The topological polar surface area (TPSA) is 17.1 Å². The molecule has 0 N–H and O–H groups in total. The molecule has 1 aliphatic rings. The third-order valence-corrected chi connectivity index (χ3v) is 3.62. The molecule has 1 saturated carbocycles. The molecule has 0 spiro atoms. The molecule has 92 valence electrons. The van der Waals surface area contributed by atoms with Gasteiger partial charge in [0, 0.05) is 12.3 Å². The molecule has 0 aliphatic heterocycles. The van der Waals surface area contributed by atoms with Gasteiger partial charge in [-0.3, -0.25) is 4.79 Å². The summed E-state index contributed by atoms with van der Waals surface area (Å²) in [5.74, 6) is 0.578. The van der Waals surface area contributed by atoms with E-state index < -0.39 is 0 Å². The van der Waals surface area contributed by atoms with Gasteiger partial charge in [0.05, 0.1) is 0 Å². The van der Waals surface area contributed by atoms with Crippen LogP contribution < -0.4 is 0 Å². The molecule has 2 rings (SSSR count). The highest BCUT2D eigenvalue weighted by molar-refractivity contribution is 5.83. The molecule has 0 radical (unpaired) electrons. The molecular formula is C15H19FO. The van der Waals surface area contributed by atoms with E-state index in [0.717, 1.165) is 18.4 Å². The Morgan fingerprint density at radius 3 is 2.65 bits per heavy atom. The van der Waals surface area contributed by atoms with Crippen LogP contribution in [0, 0.1) is 11.7 Å². The second-order valence-electron chi connectivity index (χ2n) is 5.28. The Hall–Kier alpha value is -1.18. The number of Topliss-reactive ketones (excluding diaryl/α,β-unsaturated/α-hetero) is 1. The minimum atomic E-state index is -0.167. The molecular weight excluding hydrogens is 215 g/mol. The van der Waals surface area contributed by atoms with Gasteiger partial charge in [0.15, 0.2) is 0 Å². The fourth-order valence-electron chi connectivity index (χ4n) is 2.22. The van der Waals surface area contributed by atoms with Gasteiger partial charge < -0.3 is 0 Å². The van der Waals surface area contributed by atoms with E-state index in [4.69, 9.17) is 0 Å². The summed E-state index contributed by atoms with van der Waals surface area (Å²) in [7, 11) is 0. The highest BCUT2D eigenvalue weighted by atomic mass is 19.1. The van der Waals surface area contributed by atoms with Crippen molar-refractivity contribution in [1.82, 2.24) is 0 Å². The van der Waals surface area contributed by atoms with Crippen LogP contribution in [0.1, 0.15) is 50.2 Å². The quantitative estimate of drug-likeness (QED) is 0.773. The SMILES string of the molecule is CC(C)c1cc(CC(=O)C2CCC2)ccc1F. The van der Waals surface area contributed by atoms with E-state index >= 15 is 0 Å². The normalized spacial score (nSPS) is 16.0.